The zero-order chi connectivity index (χ0) is 11.4. The Labute approximate surface area is 96.8 Å². The molecule has 0 atom stereocenters. The molecule has 1 aromatic carbocycles. The third-order valence-corrected chi connectivity index (χ3v) is 3.20. The van der Waals surface area contributed by atoms with E-state index in [1.54, 1.807) is 0 Å². The predicted molar refractivity (Wildman–Crippen MR) is 67.2 cm³/mol. The van der Waals surface area contributed by atoms with E-state index in [9.17, 15) is 0 Å². The highest BCUT2D eigenvalue weighted by Gasteiger charge is 2.40. The third kappa shape index (κ3) is 2.75. The van der Waals surface area contributed by atoms with Gasteiger partial charge in [0.15, 0.2) is 5.96 Å². The Morgan fingerprint density at radius 3 is 2.62 bits per heavy atom. The molecule has 2 rings (SSSR count). The largest absolute Gasteiger partial charge is 0.370 e. The quantitative estimate of drug-likeness (QED) is 0.599. The van der Waals surface area contributed by atoms with Crippen LogP contribution in [0.25, 0.3) is 0 Å². The van der Waals surface area contributed by atoms with E-state index in [0.717, 1.165) is 6.42 Å². The number of nitrogens with one attached hydrogen (secondary N) is 1. The van der Waals surface area contributed by atoms with Crippen LogP contribution in [0.4, 0.5) is 0 Å². The Kier molecular flexibility index (Phi) is 3.13. The number of aliphatic imine (C=N–C) groups is 1. The fraction of sp³-hybridized carbons (Fsp3) is 0.462. The van der Waals surface area contributed by atoms with E-state index < -0.39 is 0 Å². The highest BCUT2D eigenvalue weighted by atomic mass is 15.2. The highest BCUT2D eigenvalue weighted by molar-refractivity contribution is 5.79. The molecule has 0 spiro atoms. The summed E-state index contributed by atoms with van der Waals surface area (Å²) in [4.78, 5) is 4.35. The van der Waals surface area contributed by atoms with Gasteiger partial charge in [-0.3, -0.25) is 0 Å². The lowest BCUT2D eigenvalue weighted by Crippen LogP contribution is -2.41. The molecule has 0 heterocycles. The summed E-state index contributed by atoms with van der Waals surface area (Å²) in [6, 6.07) is 10.2. The fourth-order valence-electron chi connectivity index (χ4n) is 1.79. The predicted octanol–water partition coefficient (Wildman–Crippen LogP) is 2.03. The molecule has 1 aromatic rings. The molecular weight excluding hydrogens is 198 g/mol. The summed E-state index contributed by atoms with van der Waals surface area (Å²) >= 11 is 0. The molecule has 0 saturated heterocycles. The lowest BCUT2D eigenvalue weighted by Gasteiger charge is -2.15. The van der Waals surface area contributed by atoms with E-state index in [-0.39, 0.29) is 5.54 Å². The molecule has 16 heavy (non-hydrogen) atoms. The van der Waals surface area contributed by atoms with Gasteiger partial charge < -0.3 is 11.1 Å². The number of guanidine groups is 1. The minimum atomic E-state index is 0.254. The summed E-state index contributed by atoms with van der Waals surface area (Å²) in [5.74, 6) is 0.572. The monoisotopic (exact) mass is 217 g/mol. The van der Waals surface area contributed by atoms with Gasteiger partial charge in [-0.05, 0) is 24.8 Å². The van der Waals surface area contributed by atoms with Gasteiger partial charge >= 0.3 is 0 Å². The van der Waals surface area contributed by atoms with E-state index in [0.29, 0.717) is 12.5 Å². The van der Waals surface area contributed by atoms with Crippen molar-refractivity contribution in [2.45, 2.75) is 38.3 Å². The summed E-state index contributed by atoms with van der Waals surface area (Å²) in [6.07, 6.45) is 3.55. The molecule has 86 valence electrons. The lowest BCUT2D eigenvalue weighted by atomic mass is 10.2. The van der Waals surface area contributed by atoms with Gasteiger partial charge in [-0.2, -0.15) is 0 Å². The van der Waals surface area contributed by atoms with Crippen LogP contribution in [0.3, 0.4) is 0 Å². The molecule has 3 nitrogen and oxygen atoms in total. The molecule has 1 fully saturated rings. The van der Waals surface area contributed by atoms with Crippen molar-refractivity contribution in [1.29, 1.82) is 0 Å². The minimum absolute atomic E-state index is 0.254. The zero-order valence-corrected chi connectivity index (χ0v) is 9.74. The number of benzene rings is 1. The van der Waals surface area contributed by atoms with Crippen molar-refractivity contribution in [2.75, 3.05) is 0 Å². The van der Waals surface area contributed by atoms with Crippen molar-refractivity contribution >= 4 is 5.96 Å². The highest BCUT2D eigenvalue weighted by Crippen LogP contribution is 2.37. The van der Waals surface area contributed by atoms with Crippen LogP contribution in [0, 0.1) is 0 Å². The van der Waals surface area contributed by atoms with E-state index in [2.05, 4.69) is 29.4 Å². The van der Waals surface area contributed by atoms with Crippen molar-refractivity contribution in [3.05, 3.63) is 35.9 Å². The van der Waals surface area contributed by atoms with Crippen LogP contribution in [0.2, 0.25) is 0 Å². The number of rotatable bonds is 4. The van der Waals surface area contributed by atoms with Crippen molar-refractivity contribution in [3.8, 4) is 0 Å². The number of hydrogen-bond acceptors (Lipinski definition) is 1. The van der Waals surface area contributed by atoms with Crippen molar-refractivity contribution in [1.82, 2.24) is 5.32 Å². The van der Waals surface area contributed by atoms with E-state index in [4.69, 9.17) is 5.73 Å². The smallest absolute Gasteiger partial charge is 0.189 e. The summed E-state index contributed by atoms with van der Waals surface area (Å²) < 4.78 is 0. The minimum Gasteiger partial charge on any atom is -0.370 e. The van der Waals surface area contributed by atoms with Crippen LogP contribution < -0.4 is 11.1 Å². The Hall–Kier alpha value is -1.51. The van der Waals surface area contributed by atoms with Gasteiger partial charge in [-0.15, -0.1) is 0 Å². The van der Waals surface area contributed by atoms with Crippen LogP contribution in [0.1, 0.15) is 31.7 Å². The van der Waals surface area contributed by atoms with Crippen LogP contribution in [-0.2, 0) is 6.54 Å². The SMILES string of the molecule is CCC1(NC(N)=NCc2ccccc2)CC1. The molecule has 3 heteroatoms. The zero-order valence-electron chi connectivity index (χ0n) is 9.74. The van der Waals surface area contributed by atoms with Gasteiger partial charge in [0.1, 0.15) is 0 Å². The Bertz CT molecular complexity index is 366. The number of nitrogens with zero attached hydrogens (tertiary/aromatic N) is 1. The molecule has 1 saturated carbocycles. The molecule has 1 aliphatic carbocycles. The van der Waals surface area contributed by atoms with Gasteiger partial charge in [-0.25, -0.2) is 4.99 Å². The number of hydrogen-bond donors (Lipinski definition) is 2. The normalized spacial score (nSPS) is 18.2. The summed E-state index contributed by atoms with van der Waals surface area (Å²) in [7, 11) is 0. The van der Waals surface area contributed by atoms with Crippen LogP contribution >= 0.6 is 0 Å². The van der Waals surface area contributed by atoms with Gasteiger partial charge in [0.2, 0.25) is 0 Å². The second-order valence-corrected chi connectivity index (χ2v) is 4.45. The molecule has 0 aliphatic heterocycles. The molecule has 1 aliphatic rings. The van der Waals surface area contributed by atoms with Gasteiger partial charge in [0, 0.05) is 5.54 Å². The van der Waals surface area contributed by atoms with Crippen molar-refractivity contribution < 1.29 is 0 Å². The topological polar surface area (TPSA) is 50.4 Å². The molecule has 0 unspecified atom stereocenters. The van der Waals surface area contributed by atoms with Crippen molar-refractivity contribution in [2.24, 2.45) is 10.7 Å². The molecule has 3 N–H and O–H groups in total. The van der Waals surface area contributed by atoms with E-state index >= 15 is 0 Å². The average Bonchev–Trinajstić information content (AvgIpc) is 3.08. The average molecular weight is 217 g/mol. The van der Waals surface area contributed by atoms with E-state index in [1.165, 1.54) is 18.4 Å². The second-order valence-electron chi connectivity index (χ2n) is 4.45. The Morgan fingerprint density at radius 2 is 2.06 bits per heavy atom. The van der Waals surface area contributed by atoms with E-state index in [1.807, 2.05) is 18.2 Å². The lowest BCUT2D eigenvalue weighted by molar-refractivity contribution is 0.575. The maximum absolute atomic E-state index is 5.86. The maximum Gasteiger partial charge on any atom is 0.189 e. The Morgan fingerprint density at radius 1 is 1.38 bits per heavy atom. The summed E-state index contributed by atoms with van der Waals surface area (Å²) in [6.45, 7) is 2.84. The first-order valence-electron chi connectivity index (χ1n) is 5.86. The molecule has 0 radical (unpaired) electrons. The van der Waals surface area contributed by atoms with Gasteiger partial charge in [-0.1, -0.05) is 37.3 Å². The number of nitrogens with two attached hydrogens (primary N) is 1. The van der Waals surface area contributed by atoms with Crippen LogP contribution in [0.5, 0.6) is 0 Å². The fourth-order valence-corrected chi connectivity index (χ4v) is 1.79. The molecule has 0 bridgehead atoms. The summed E-state index contributed by atoms with van der Waals surface area (Å²) in [5, 5.41) is 3.32. The van der Waals surface area contributed by atoms with Crippen molar-refractivity contribution in [3.63, 3.8) is 0 Å². The Balaban J connectivity index is 1.88. The second kappa shape index (κ2) is 4.56. The third-order valence-electron chi connectivity index (χ3n) is 3.20. The first kappa shape index (κ1) is 11.0. The van der Waals surface area contributed by atoms with Crippen LogP contribution in [-0.4, -0.2) is 11.5 Å². The molecule has 0 aromatic heterocycles. The van der Waals surface area contributed by atoms with Gasteiger partial charge in [0.05, 0.1) is 6.54 Å². The maximum atomic E-state index is 5.86. The molecular formula is C13H19N3. The first-order valence-corrected chi connectivity index (χ1v) is 5.86. The standard InChI is InChI=1S/C13H19N3/c1-2-13(8-9-13)16-12(14)15-10-11-6-4-3-5-7-11/h3-7H,2,8-10H2,1H3,(H3,14,15,16). The molecule has 0 amide bonds. The van der Waals surface area contributed by atoms with Crippen LogP contribution in [0.15, 0.2) is 35.3 Å². The first-order chi connectivity index (χ1) is 7.74. The van der Waals surface area contributed by atoms with Gasteiger partial charge in [0.25, 0.3) is 0 Å². The summed E-state index contributed by atoms with van der Waals surface area (Å²) in [5.41, 5.74) is 7.30.